The quantitative estimate of drug-likeness (QED) is 0.182. The van der Waals surface area contributed by atoms with Gasteiger partial charge in [0.25, 0.3) is 0 Å². The minimum absolute atomic E-state index is 0.0152. The van der Waals surface area contributed by atoms with Crippen molar-refractivity contribution in [2.24, 2.45) is 17.4 Å². The summed E-state index contributed by atoms with van der Waals surface area (Å²) in [6.45, 7) is 4.56. The Balaban J connectivity index is 5.03. The van der Waals surface area contributed by atoms with E-state index in [2.05, 4.69) is 28.6 Å². The number of thiol groups is 1. The highest BCUT2D eigenvalue weighted by molar-refractivity contribution is 7.80. The van der Waals surface area contributed by atoms with Gasteiger partial charge in [0, 0.05) is 5.75 Å². The number of carbonyl (C=O) groups excluding carboxylic acids is 4. The van der Waals surface area contributed by atoms with E-state index in [0.29, 0.717) is 0 Å². The highest BCUT2D eigenvalue weighted by Crippen LogP contribution is 2.03. The van der Waals surface area contributed by atoms with E-state index in [1.807, 2.05) is 0 Å². The number of primary amides is 1. The Kier molecular flexibility index (Phi) is 10.4. The van der Waals surface area contributed by atoms with Gasteiger partial charge in [-0.05, 0) is 12.8 Å². The van der Waals surface area contributed by atoms with Crippen LogP contribution in [0.2, 0.25) is 0 Å². The fourth-order valence-corrected chi connectivity index (χ4v) is 2.11. The normalized spacial score (nSPS) is 15.2. The lowest BCUT2D eigenvalue weighted by Crippen LogP contribution is -2.57. The highest BCUT2D eigenvalue weighted by atomic mass is 32.1. The van der Waals surface area contributed by atoms with Crippen LogP contribution in [0.3, 0.4) is 0 Å². The number of amides is 4. The van der Waals surface area contributed by atoms with Crippen LogP contribution in [0.25, 0.3) is 0 Å². The summed E-state index contributed by atoms with van der Waals surface area (Å²) < 4.78 is 0. The largest absolute Gasteiger partial charge is 0.480 e. The van der Waals surface area contributed by atoms with Gasteiger partial charge in [-0.2, -0.15) is 12.6 Å². The van der Waals surface area contributed by atoms with Crippen molar-refractivity contribution in [3.05, 3.63) is 0 Å². The fourth-order valence-electron chi connectivity index (χ4n) is 1.94. The summed E-state index contributed by atoms with van der Waals surface area (Å²) in [7, 11) is 0. The van der Waals surface area contributed by atoms with Crippen LogP contribution in [0.15, 0.2) is 0 Å². The number of carboxylic acid groups (broad SMARTS) is 1. The van der Waals surface area contributed by atoms with Crippen molar-refractivity contribution in [2.45, 2.75) is 51.4 Å². The van der Waals surface area contributed by atoms with E-state index in [-0.39, 0.29) is 11.7 Å². The summed E-state index contributed by atoms with van der Waals surface area (Å²) in [5.41, 5.74) is 10.6. The van der Waals surface area contributed by atoms with Crippen LogP contribution in [0.4, 0.5) is 0 Å². The SMILES string of the molecule is CC(NC(=O)C(CC(N)=O)NC(=O)C(N)CS)C(=O)NC(C(=O)O)C(C)C. The Morgan fingerprint density at radius 1 is 0.963 bits per heavy atom. The average molecular weight is 405 g/mol. The van der Waals surface area contributed by atoms with Gasteiger partial charge in [-0.25, -0.2) is 4.79 Å². The lowest BCUT2D eigenvalue weighted by Gasteiger charge is -2.23. The molecule has 0 rings (SSSR count). The molecule has 0 spiro atoms. The number of hydrogen-bond donors (Lipinski definition) is 7. The molecular weight excluding hydrogens is 378 g/mol. The molecule has 4 amide bonds. The fraction of sp³-hybridized carbons (Fsp3) is 0.667. The number of hydrogen-bond acceptors (Lipinski definition) is 7. The molecule has 0 bridgehead atoms. The molecule has 0 aromatic rings. The zero-order valence-electron chi connectivity index (χ0n) is 15.4. The molecule has 0 aliphatic heterocycles. The van der Waals surface area contributed by atoms with Crippen molar-refractivity contribution in [1.29, 1.82) is 0 Å². The van der Waals surface area contributed by atoms with Crippen molar-refractivity contribution in [3.63, 3.8) is 0 Å². The van der Waals surface area contributed by atoms with E-state index in [1.54, 1.807) is 13.8 Å². The van der Waals surface area contributed by atoms with Crippen LogP contribution in [0.1, 0.15) is 27.2 Å². The number of rotatable bonds is 11. The molecule has 0 saturated heterocycles. The van der Waals surface area contributed by atoms with Crippen LogP contribution in [-0.4, -0.2) is 64.6 Å². The molecule has 0 heterocycles. The molecule has 0 aromatic carbocycles. The first kappa shape index (κ1) is 24.7. The number of nitrogens with two attached hydrogens (primary N) is 2. The van der Waals surface area contributed by atoms with E-state index >= 15 is 0 Å². The number of carbonyl (C=O) groups is 5. The van der Waals surface area contributed by atoms with Gasteiger partial charge in [0.1, 0.15) is 18.1 Å². The Hall–Kier alpha value is -2.34. The molecule has 8 N–H and O–H groups in total. The molecule has 4 atom stereocenters. The highest BCUT2D eigenvalue weighted by Gasteiger charge is 2.29. The molecular formula is C15H27N5O6S. The van der Waals surface area contributed by atoms with Crippen LogP contribution in [0, 0.1) is 5.92 Å². The zero-order chi connectivity index (χ0) is 21.3. The summed E-state index contributed by atoms with van der Waals surface area (Å²) >= 11 is 3.87. The van der Waals surface area contributed by atoms with Gasteiger partial charge in [-0.1, -0.05) is 13.8 Å². The van der Waals surface area contributed by atoms with Gasteiger partial charge in [-0.3, -0.25) is 19.2 Å². The number of carboxylic acids is 1. The first-order valence-corrected chi connectivity index (χ1v) is 8.82. The standard InChI is InChI=1S/C15H27N5O6S/c1-6(2)11(15(25)26)20-12(22)7(3)18-14(24)9(4-10(17)21)19-13(23)8(16)5-27/h6-9,11,27H,4-5,16H2,1-3H3,(H2,17,21)(H,18,24)(H,19,23)(H,20,22)(H,25,26). The maximum atomic E-state index is 12.3. The lowest BCUT2D eigenvalue weighted by molar-refractivity contribution is -0.143. The van der Waals surface area contributed by atoms with Gasteiger partial charge < -0.3 is 32.5 Å². The Morgan fingerprint density at radius 2 is 1.52 bits per heavy atom. The third-order valence-electron chi connectivity index (χ3n) is 3.55. The number of nitrogens with one attached hydrogen (secondary N) is 3. The van der Waals surface area contributed by atoms with Crippen molar-refractivity contribution in [2.75, 3.05) is 5.75 Å². The van der Waals surface area contributed by atoms with E-state index in [1.165, 1.54) is 6.92 Å². The molecule has 0 aliphatic rings. The first-order chi connectivity index (χ1) is 12.4. The molecule has 4 unspecified atom stereocenters. The maximum Gasteiger partial charge on any atom is 0.326 e. The van der Waals surface area contributed by atoms with Gasteiger partial charge in [0.15, 0.2) is 0 Å². The molecule has 12 heteroatoms. The minimum atomic E-state index is -1.34. The molecule has 27 heavy (non-hydrogen) atoms. The third-order valence-corrected chi connectivity index (χ3v) is 3.95. The summed E-state index contributed by atoms with van der Waals surface area (Å²) in [5, 5.41) is 16.0. The second kappa shape index (κ2) is 11.4. The van der Waals surface area contributed by atoms with E-state index in [9.17, 15) is 24.0 Å². The van der Waals surface area contributed by atoms with E-state index in [4.69, 9.17) is 16.6 Å². The summed E-state index contributed by atoms with van der Waals surface area (Å²) in [5.74, 6) is -4.71. The molecule has 154 valence electrons. The zero-order valence-corrected chi connectivity index (χ0v) is 16.3. The monoisotopic (exact) mass is 405 g/mol. The summed E-state index contributed by atoms with van der Waals surface area (Å²) in [4.78, 5) is 58.5. The molecule has 0 saturated carbocycles. The maximum absolute atomic E-state index is 12.3. The minimum Gasteiger partial charge on any atom is -0.480 e. The molecule has 0 fully saturated rings. The van der Waals surface area contributed by atoms with E-state index < -0.39 is 60.2 Å². The van der Waals surface area contributed by atoms with Crippen LogP contribution >= 0.6 is 12.6 Å². The van der Waals surface area contributed by atoms with Crippen LogP contribution in [0.5, 0.6) is 0 Å². The van der Waals surface area contributed by atoms with Gasteiger partial charge in [-0.15, -0.1) is 0 Å². The van der Waals surface area contributed by atoms with E-state index in [0.717, 1.165) is 0 Å². The van der Waals surface area contributed by atoms with Crippen molar-refractivity contribution < 1.29 is 29.1 Å². The van der Waals surface area contributed by atoms with Gasteiger partial charge >= 0.3 is 5.97 Å². The average Bonchev–Trinajstić information content (AvgIpc) is 2.56. The first-order valence-electron chi connectivity index (χ1n) is 8.19. The van der Waals surface area contributed by atoms with Crippen molar-refractivity contribution in [1.82, 2.24) is 16.0 Å². The van der Waals surface area contributed by atoms with Gasteiger partial charge in [0.2, 0.25) is 23.6 Å². The Morgan fingerprint density at radius 3 is 1.93 bits per heavy atom. The smallest absolute Gasteiger partial charge is 0.326 e. The lowest BCUT2D eigenvalue weighted by atomic mass is 10.0. The topological polar surface area (TPSA) is 194 Å². The molecule has 11 nitrogen and oxygen atoms in total. The molecule has 0 aliphatic carbocycles. The second-order valence-corrected chi connectivity index (χ2v) is 6.68. The Bertz CT molecular complexity index is 585. The van der Waals surface area contributed by atoms with Crippen LogP contribution in [-0.2, 0) is 24.0 Å². The predicted molar refractivity (Wildman–Crippen MR) is 99.6 cm³/mol. The predicted octanol–water partition coefficient (Wildman–Crippen LogP) is -2.67. The van der Waals surface area contributed by atoms with Crippen molar-refractivity contribution >= 4 is 42.2 Å². The second-order valence-electron chi connectivity index (χ2n) is 6.32. The summed E-state index contributed by atoms with van der Waals surface area (Å²) in [6, 6.07) is -4.59. The third kappa shape index (κ3) is 8.73. The van der Waals surface area contributed by atoms with Gasteiger partial charge in [0.05, 0.1) is 12.5 Å². The Labute approximate surface area is 162 Å². The summed E-state index contributed by atoms with van der Waals surface area (Å²) in [6.07, 6.45) is -0.505. The number of aliphatic carboxylic acids is 1. The van der Waals surface area contributed by atoms with Crippen molar-refractivity contribution in [3.8, 4) is 0 Å². The molecule has 0 radical (unpaired) electrons. The molecule has 0 aromatic heterocycles. The van der Waals surface area contributed by atoms with Crippen LogP contribution < -0.4 is 27.4 Å².